The number of primary amides is 1. The van der Waals surface area contributed by atoms with E-state index in [2.05, 4.69) is 21.7 Å². The van der Waals surface area contributed by atoms with E-state index >= 15 is 0 Å². The maximum Gasteiger partial charge on any atom is 0.248 e. The summed E-state index contributed by atoms with van der Waals surface area (Å²) >= 11 is 6.52. The summed E-state index contributed by atoms with van der Waals surface area (Å²) in [6, 6.07) is 23.4. The van der Waals surface area contributed by atoms with Gasteiger partial charge >= 0.3 is 0 Å². The molecule has 2 heterocycles. The molecule has 4 N–H and O–H groups in total. The average Bonchev–Trinajstić information content (AvgIpc) is 3.00. The lowest BCUT2D eigenvalue weighted by atomic mass is 10.0. The Kier molecular flexibility index (Phi) is 9.26. The topological polar surface area (TPSA) is 113 Å². The van der Waals surface area contributed by atoms with Crippen molar-refractivity contribution in [2.75, 3.05) is 31.6 Å². The number of anilines is 1. The predicted octanol–water partition coefficient (Wildman–Crippen LogP) is 5.32. The van der Waals surface area contributed by atoms with Gasteiger partial charge in [0.05, 0.1) is 5.52 Å². The number of fused-ring (bicyclic) bond motifs is 3. The first kappa shape index (κ1) is 29.0. The van der Waals surface area contributed by atoms with Crippen molar-refractivity contribution >= 4 is 50.9 Å². The maximum atomic E-state index is 12.5. The molecule has 0 aliphatic carbocycles. The highest BCUT2D eigenvalue weighted by molar-refractivity contribution is 6.33. The van der Waals surface area contributed by atoms with Crippen LogP contribution in [0.25, 0.3) is 32.8 Å². The summed E-state index contributed by atoms with van der Waals surface area (Å²) in [4.78, 5) is 35.3. The molecule has 0 bridgehead atoms. The van der Waals surface area contributed by atoms with Crippen LogP contribution in [0.15, 0.2) is 85.2 Å². The molecule has 0 atom stereocenters. The first-order chi connectivity index (χ1) is 20.4. The van der Waals surface area contributed by atoms with Gasteiger partial charge in [-0.3, -0.25) is 14.6 Å². The molecule has 0 aliphatic rings. The molecule has 0 spiro atoms. The minimum atomic E-state index is -0.500. The lowest BCUT2D eigenvalue weighted by molar-refractivity contribution is -0.121. The first-order valence-electron chi connectivity index (χ1n) is 13.9. The Hall–Kier alpha value is -4.53. The Morgan fingerprint density at radius 2 is 1.79 bits per heavy atom. The SMILES string of the molecule is CN(CCNC(=O)CCCNCc1ccc(-c2ccccc2)c(Cl)c1)c1nc2cc(C(N)=O)ccc2c2cnccc12. The van der Waals surface area contributed by atoms with E-state index in [0.717, 1.165) is 56.7 Å². The monoisotopic (exact) mass is 580 g/mol. The second-order valence-corrected chi connectivity index (χ2v) is 10.6. The second kappa shape index (κ2) is 13.4. The highest BCUT2D eigenvalue weighted by Gasteiger charge is 2.14. The second-order valence-electron chi connectivity index (χ2n) is 10.2. The molecule has 2 aromatic heterocycles. The molecule has 9 heteroatoms. The molecular formula is C33H33ClN6O2. The van der Waals surface area contributed by atoms with Crippen molar-refractivity contribution in [2.24, 2.45) is 5.73 Å². The van der Waals surface area contributed by atoms with E-state index in [4.69, 9.17) is 22.3 Å². The molecular weight excluding hydrogens is 548 g/mol. The lowest BCUT2D eigenvalue weighted by Gasteiger charge is -2.21. The molecule has 0 saturated carbocycles. The number of pyridine rings is 2. The summed E-state index contributed by atoms with van der Waals surface area (Å²) in [7, 11) is 1.93. The van der Waals surface area contributed by atoms with Gasteiger partial charge in [-0.25, -0.2) is 4.98 Å². The zero-order valence-electron chi connectivity index (χ0n) is 23.4. The third-order valence-corrected chi connectivity index (χ3v) is 7.51. The van der Waals surface area contributed by atoms with Gasteiger partial charge in [0.15, 0.2) is 0 Å². The van der Waals surface area contributed by atoms with Crippen LogP contribution in [0.1, 0.15) is 28.8 Å². The van der Waals surface area contributed by atoms with Gasteiger partial charge in [0.2, 0.25) is 11.8 Å². The van der Waals surface area contributed by atoms with Gasteiger partial charge in [-0.05, 0) is 48.4 Å². The maximum absolute atomic E-state index is 12.5. The zero-order chi connectivity index (χ0) is 29.5. The highest BCUT2D eigenvalue weighted by Crippen LogP contribution is 2.31. The third-order valence-electron chi connectivity index (χ3n) is 7.20. The number of carbonyl (C=O) groups excluding carboxylic acids is 2. The fourth-order valence-corrected chi connectivity index (χ4v) is 5.27. The van der Waals surface area contributed by atoms with Gasteiger partial charge in [0.1, 0.15) is 5.82 Å². The molecule has 42 heavy (non-hydrogen) atoms. The van der Waals surface area contributed by atoms with Gasteiger partial charge in [0, 0.05) is 77.8 Å². The summed E-state index contributed by atoms with van der Waals surface area (Å²) in [5.41, 5.74) is 9.76. The van der Waals surface area contributed by atoms with Gasteiger partial charge in [0.25, 0.3) is 0 Å². The first-order valence-corrected chi connectivity index (χ1v) is 14.3. The van der Waals surface area contributed by atoms with E-state index in [1.54, 1.807) is 24.5 Å². The van der Waals surface area contributed by atoms with Gasteiger partial charge < -0.3 is 21.3 Å². The van der Waals surface area contributed by atoms with Crippen LogP contribution in [-0.4, -0.2) is 48.5 Å². The van der Waals surface area contributed by atoms with Crippen LogP contribution >= 0.6 is 11.6 Å². The summed E-state index contributed by atoms with van der Waals surface area (Å²) in [6.45, 7) is 2.45. The number of nitrogens with one attached hydrogen (secondary N) is 2. The van der Waals surface area contributed by atoms with E-state index in [9.17, 15) is 9.59 Å². The van der Waals surface area contributed by atoms with Crippen LogP contribution in [0.3, 0.4) is 0 Å². The Morgan fingerprint density at radius 3 is 2.57 bits per heavy atom. The van der Waals surface area contributed by atoms with Crippen molar-refractivity contribution in [3.8, 4) is 11.1 Å². The van der Waals surface area contributed by atoms with Gasteiger partial charge in [-0.2, -0.15) is 0 Å². The van der Waals surface area contributed by atoms with Crippen LogP contribution in [-0.2, 0) is 11.3 Å². The molecule has 8 nitrogen and oxygen atoms in total. The van der Waals surface area contributed by atoms with Crippen LogP contribution in [0, 0.1) is 0 Å². The number of rotatable bonds is 12. The Morgan fingerprint density at radius 1 is 0.952 bits per heavy atom. The number of aromatic nitrogens is 2. The van der Waals surface area contributed by atoms with E-state index in [1.165, 1.54) is 0 Å². The average molecular weight is 581 g/mol. The number of amides is 2. The smallest absolute Gasteiger partial charge is 0.248 e. The minimum Gasteiger partial charge on any atom is -0.366 e. The van der Waals surface area contributed by atoms with Crippen LogP contribution in [0.2, 0.25) is 5.02 Å². The molecule has 5 aromatic rings. The Bertz CT molecular complexity index is 1730. The van der Waals surface area contributed by atoms with E-state index < -0.39 is 5.91 Å². The molecule has 0 aliphatic heterocycles. The largest absolute Gasteiger partial charge is 0.366 e. The van der Waals surface area contributed by atoms with Gasteiger partial charge in [-0.1, -0.05) is 60.1 Å². The van der Waals surface area contributed by atoms with Crippen LogP contribution < -0.4 is 21.3 Å². The van der Waals surface area contributed by atoms with Gasteiger partial charge in [-0.15, -0.1) is 0 Å². The fraction of sp³-hybridized carbons (Fsp3) is 0.212. The number of hydrogen-bond acceptors (Lipinski definition) is 6. The highest BCUT2D eigenvalue weighted by atomic mass is 35.5. The molecule has 2 amide bonds. The predicted molar refractivity (Wildman–Crippen MR) is 170 cm³/mol. The van der Waals surface area contributed by atoms with Crippen molar-refractivity contribution < 1.29 is 9.59 Å². The molecule has 0 unspecified atom stereocenters. The van der Waals surface area contributed by atoms with E-state index in [-0.39, 0.29) is 5.91 Å². The van der Waals surface area contributed by atoms with E-state index in [1.807, 2.05) is 66.5 Å². The van der Waals surface area contributed by atoms with Crippen molar-refractivity contribution in [1.29, 1.82) is 0 Å². The molecule has 0 radical (unpaired) electrons. The Balaban J connectivity index is 1.08. The summed E-state index contributed by atoms with van der Waals surface area (Å²) in [5, 5.41) is 9.90. The number of nitrogens with two attached hydrogens (primary N) is 1. The van der Waals surface area contributed by atoms with Crippen molar-refractivity contribution in [3.05, 3.63) is 101 Å². The van der Waals surface area contributed by atoms with Crippen LogP contribution in [0.4, 0.5) is 5.82 Å². The zero-order valence-corrected chi connectivity index (χ0v) is 24.2. The Labute approximate surface area is 249 Å². The van der Waals surface area contributed by atoms with Crippen molar-refractivity contribution in [2.45, 2.75) is 19.4 Å². The molecule has 5 rings (SSSR count). The number of hydrogen-bond donors (Lipinski definition) is 3. The quantitative estimate of drug-likeness (QED) is 0.136. The summed E-state index contributed by atoms with van der Waals surface area (Å²) < 4.78 is 0. The van der Waals surface area contributed by atoms with Crippen LogP contribution in [0.5, 0.6) is 0 Å². The number of benzene rings is 3. The minimum absolute atomic E-state index is 0.00656. The molecule has 214 valence electrons. The van der Waals surface area contributed by atoms with Crippen molar-refractivity contribution in [3.63, 3.8) is 0 Å². The molecule has 0 saturated heterocycles. The number of likely N-dealkylation sites (N-methyl/N-ethyl adjacent to an activating group) is 1. The number of carbonyl (C=O) groups is 2. The number of nitrogens with zero attached hydrogens (tertiary/aromatic N) is 3. The molecule has 0 fully saturated rings. The standard InChI is InChI=1S/C33H33ClN6O2/c1-40(33-27-13-15-37-21-28(27)26-12-10-24(32(35)42)19-30(26)39-33)17-16-38-31(41)8-5-14-36-20-22-9-11-25(29(34)18-22)23-6-3-2-4-7-23/h2-4,6-7,9-13,15,18-19,21,36H,5,8,14,16-17,20H2,1H3,(H2,35,42)(H,38,41). The fourth-order valence-electron chi connectivity index (χ4n) is 4.96. The lowest BCUT2D eigenvalue weighted by Crippen LogP contribution is -2.33. The summed E-state index contributed by atoms with van der Waals surface area (Å²) in [5.74, 6) is 0.253. The third kappa shape index (κ3) is 6.84. The normalized spacial score (nSPS) is 11.1. The molecule has 3 aromatic carbocycles. The number of halogens is 1. The summed E-state index contributed by atoms with van der Waals surface area (Å²) in [6.07, 6.45) is 4.69. The van der Waals surface area contributed by atoms with E-state index in [0.29, 0.717) is 37.1 Å². The van der Waals surface area contributed by atoms with Crippen molar-refractivity contribution in [1.82, 2.24) is 20.6 Å².